The van der Waals surface area contributed by atoms with Gasteiger partial charge in [-0.1, -0.05) is 0 Å². The van der Waals surface area contributed by atoms with Gasteiger partial charge in [-0.2, -0.15) is 0 Å². The van der Waals surface area contributed by atoms with E-state index in [9.17, 15) is 0 Å². The monoisotopic (exact) mass is 138 g/mol. The van der Waals surface area contributed by atoms with E-state index in [2.05, 4.69) is 0 Å². The van der Waals surface area contributed by atoms with Gasteiger partial charge in [0.15, 0.2) is 0 Å². The zero-order valence-corrected chi connectivity index (χ0v) is 2.81. The van der Waals surface area contributed by atoms with Gasteiger partial charge in [-0.05, 0) is 0 Å². The average Bonchev–Trinajstić information content (AvgIpc) is 1.37. The number of rotatable bonds is 0. The average molecular weight is 138 g/mol. The van der Waals surface area contributed by atoms with Crippen LogP contribution < -0.4 is 0 Å². The van der Waals surface area contributed by atoms with Gasteiger partial charge in [0.05, 0.1) is 0 Å². The Kier molecular flexibility index (Phi) is 17.5. The first-order valence-corrected chi connectivity index (χ1v) is 1.55. The molecular formula is CHFeKNO. The van der Waals surface area contributed by atoms with Crippen molar-refractivity contribution in [3.8, 4) is 4.97 Å². The molecule has 5 heavy (non-hydrogen) atoms. The molecule has 0 aliphatic rings. The SMILES string of the molecule is N#[C][Fe]=[O].[KH]. The third-order valence-corrected chi connectivity index (χ3v) is 0.133. The van der Waals surface area contributed by atoms with Gasteiger partial charge in [-0.3, -0.25) is 0 Å². The molecule has 0 saturated carbocycles. The van der Waals surface area contributed by atoms with Gasteiger partial charge >= 0.3 is 80.3 Å². The second kappa shape index (κ2) is 9.07. The van der Waals surface area contributed by atoms with Gasteiger partial charge in [0, 0.05) is 0 Å². The first-order chi connectivity index (χ1) is 1.91. The van der Waals surface area contributed by atoms with E-state index in [4.69, 9.17) is 9.10 Å². The normalized spacial score (nSPS) is 3.80. The van der Waals surface area contributed by atoms with Crippen LogP contribution in [0.5, 0.6) is 0 Å². The minimum atomic E-state index is -0.625. The summed E-state index contributed by atoms with van der Waals surface area (Å²) in [7, 11) is 0. The first-order valence-electron chi connectivity index (χ1n) is 0.545. The Bertz CT molecular complexity index is 57.2. The van der Waals surface area contributed by atoms with Crippen molar-refractivity contribution < 1.29 is 18.7 Å². The summed E-state index contributed by atoms with van der Waals surface area (Å²) >= 11 is -0.625. The summed E-state index contributed by atoms with van der Waals surface area (Å²) in [6, 6.07) is 0. The predicted molar refractivity (Wildman–Crippen MR) is 13.4 cm³/mol. The summed E-state index contributed by atoms with van der Waals surface area (Å²) < 4.78 is 8.94. The Morgan fingerprint density at radius 2 is 2.00 bits per heavy atom. The van der Waals surface area contributed by atoms with Gasteiger partial charge in [-0.15, -0.1) is 0 Å². The Morgan fingerprint density at radius 1 is 1.80 bits per heavy atom. The molecule has 0 N–H and O–H groups in total. The second-order valence-corrected chi connectivity index (χ2v) is 0.624. The summed E-state index contributed by atoms with van der Waals surface area (Å²) in [5.74, 6) is 0. The molecule has 0 amide bonds. The maximum atomic E-state index is 8.94. The third kappa shape index (κ3) is 10.8. The fourth-order valence-corrected chi connectivity index (χ4v) is 0. The van der Waals surface area contributed by atoms with Crippen molar-refractivity contribution in [2.24, 2.45) is 0 Å². The van der Waals surface area contributed by atoms with Gasteiger partial charge in [-0.25, -0.2) is 0 Å². The molecule has 0 saturated heterocycles. The van der Waals surface area contributed by atoms with Crippen molar-refractivity contribution in [3.05, 3.63) is 0 Å². The number of nitriles is 1. The Labute approximate surface area is 78.7 Å². The van der Waals surface area contributed by atoms with Gasteiger partial charge in [0.2, 0.25) is 0 Å². The fourth-order valence-electron chi connectivity index (χ4n) is 0. The van der Waals surface area contributed by atoms with Crippen molar-refractivity contribution in [1.82, 2.24) is 0 Å². The van der Waals surface area contributed by atoms with E-state index < -0.39 is 14.9 Å². The van der Waals surface area contributed by atoms with Crippen LogP contribution in [0.3, 0.4) is 0 Å². The maximum absolute atomic E-state index is 8.94. The topological polar surface area (TPSA) is 40.9 Å². The van der Waals surface area contributed by atoms with E-state index in [1.165, 1.54) is 4.97 Å². The summed E-state index contributed by atoms with van der Waals surface area (Å²) in [4.78, 5) is 1.38. The molecule has 0 aromatic heterocycles. The van der Waals surface area contributed by atoms with Crippen LogP contribution in [0.1, 0.15) is 0 Å². The van der Waals surface area contributed by atoms with Crippen LogP contribution in [0, 0.1) is 10.2 Å². The summed E-state index contributed by atoms with van der Waals surface area (Å²) in [5.41, 5.74) is 0. The number of nitrogens with zero attached hydrogens (tertiary/aromatic N) is 1. The third-order valence-electron chi connectivity index (χ3n) is 0.0323. The van der Waals surface area contributed by atoms with Gasteiger partial charge in [0.25, 0.3) is 0 Å². The van der Waals surface area contributed by atoms with Crippen LogP contribution in [0.4, 0.5) is 0 Å². The van der Waals surface area contributed by atoms with Gasteiger partial charge in [0.1, 0.15) is 0 Å². The number of hydrogen-bond donors (Lipinski definition) is 0. The van der Waals surface area contributed by atoms with Crippen LogP contribution in [-0.4, -0.2) is 51.4 Å². The van der Waals surface area contributed by atoms with Gasteiger partial charge < -0.3 is 0 Å². The summed E-state index contributed by atoms with van der Waals surface area (Å²) in [6.07, 6.45) is 0. The van der Waals surface area contributed by atoms with Crippen molar-refractivity contribution >= 4 is 51.4 Å². The number of hydrogen-bond acceptors (Lipinski definition) is 2. The van der Waals surface area contributed by atoms with E-state index in [-0.39, 0.29) is 51.4 Å². The molecule has 0 fully saturated rings. The molecule has 0 unspecified atom stereocenters. The Hall–Kier alpha value is 1.45. The molecule has 2 nitrogen and oxygen atoms in total. The first kappa shape index (κ1) is 9.67. The molecule has 0 aromatic carbocycles. The molecular weight excluding hydrogens is 137 g/mol. The Balaban J connectivity index is 0. The van der Waals surface area contributed by atoms with E-state index in [1.807, 2.05) is 0 Å². The van der Waals surface area contributed by atoms with Crippen molar-refractivity contribution in [1.29, 1.82) is 5.26 Å². The van der Waals surface area contributed by atoms with E-state index in [0.29, 0.717) is 0 Å². The van der Waals surface area contributed by atoms with E-state index in [1.54, 1.807) is 0 Å². The molecule has 0 radical (unpaired) electrons. The molecule has 0 atom stereocenters. The van der Waals surface area contributed by atoms with Crippen LogP contribution in [0.2, 0.25) is 0 Å². The van der Waals surface area contributed by atoms with Crippen molar-refractivity contribution in [3.63, 3.8) is 0 Å². The van der Waals surface area contributed by atoms with Crippen LogP contribution in [0.25, 0.3) is 0 Å². The molecule has 0 aliphatic carbocycles. The standard InChI is InChI=1S/CN.Fe.K.O.H/c1-2;;;;. The van der Waals surface area contributed by atoms with Crippen molar-refractivity contribution in [2.45, 2.75) is 0 Å². The zero-order valence-electron chi connectivity index (χ0n) is 1.71. The molecule has 0 bridgehead atoms. The van der Waals surface area contributed by atoms with Crippen LogP contribution >= 0.6 is 0 Å². The quantitative estimate of drug-likeness (QED) is 0.413. The molecule has 0 aliphatic heterocycles. The summed E-state index contributed by atoms with van der Waals surface area (Å²) in [5, 5.41) is 7.31. The van der Waals surface area contributed by atoms with Crippen molar-refractivity contribution in [2.75, 3.05) is 0 Å². The molecule has 25 valence electrons. The molecule has 0 spiro atoms. The second-order valence-electron chi connectivity index (χ2n) is 0.151. The van der Waals surface area contributed by atoms with Crippen LogP contribution in [-0.2, 0) is 18.7 Å². The van der Waals surface area contributed by atoms with Crippen LogP contribution in [0.15, 0.2) is 0 Å². The molecule has 0 rings (SSSR count). The summed E-state index contributed by atoms with van der Waals surface area (Å²) in [6.45, 7) is 0. The molecule has 4 heteroatoms. The zero-order chi connectivity index (χ0) is 3.41. The predicted octanol–water partition coefficient (Wildman–Crippen LogP) is -0.753. The molecule has 0 aromatic rings. The van der Waals surface area contributed by atoms with E-state index >= 15 is 0 Å². The minimum absolute atomic E-state index is 0. The molecule has 0 heterocycles. The van der Waals surface area contributed by atoms with E-state index in [0.717, 1.165) is 0 Å². The Morgan fingerprint density at radius 3 is 2.00 bits per heavy atom. The fraction of sp³-hybridized carbons (Fsp3) is 0.